The molecule has 0 fully saturated rings. The highest BCUT2D eigenvalue weighted by Crippen LogP contribution is 2.35. The molecule has 0 radical (unpaired) electrons. The van der Waals surface area contributed by atoms with Crippen LogP contribution in [0.15, 0.2) is 70.0 Å². The fraction of sp³-hybridized carbons (Fsp3) is 0.259. The van der Waals surface area contributed by atoms with Crippen molar-refractivity contribution in [2.24, 2.45) is 0 Å². The summed E-state index contributed by atoms with van der Waals surface area (Å²) in [7, 11) is -2.95. The number of carbonyl (C=O) groups excluding carboxylic acids is 2. The number of esters is 1. The Labute approximate surface area is 244 Å². The highest BCUT2D eigenvalue weighted by atomic mass is 79.9. The van der Waals surface area contributed by atoms with Crippen LogP contribution in [0.3, 0.4) is 0 Å². The van der Waals surface area contributed by atoms with E-state index in [-0.39, 0.29) is 41.7 Å². The third kappa shape index (κ3) is 6.66. The molecule has 1 aliphatic rings. The van der Waals surface area contributed by atoms with Crippen molar-refractivity contribution >= 4 is 49.2 Å². The molecular weight excluding hydrogens is 622 g/mol. The maximum atomic E-state index is 14.0. The van der Waals surface area contributed by atoms with E-state index in [0.29, 0.717) is 4.47 Å². The van der Waals surface area contributed by atoms with E-state index in [2.05, 4.69) is 21.2 Å². The third-order valence-electron chi connectivity index (χ3n) is 6.29. The predicted octanol–water partition coefficient (Wildman–Crippen LogP) is 4.06. The zero-order valence-corrected chi connectivity index (χ0v) is 24.4. The van der Waals surface area contributed by atoms with Gasteiger partial charge in [-0.25, -0.2) is 8.42 Å². The minimum absolute atomic E-state index is 0.0117. The molecule has 0 saturated carbocycles. The molecule has 3 aromatic rings. The highest BCUT2D eigenvalue weighted by Gasteiger charge is 2.42. The van der Waals surface area contributed by atoms with Crippen LogP contribution in [-0.2, 0) is 37.3 Å². The lowest BCUT2D eigenvalue weighted by Gasteiger charge is -2.34. The summed E-state index contributed by atoms with van der Waals surface area (Å²) in [6, 6.07) is 14.3. The van der Waals surface area contributed by atoms with E-state index >= 15 is 0 Å². The van der Waals surface area contributed by atoms with E-state index in [4.69, 9.17) is 14.2 Å². The summed E-state index contributed by atoms with van der Waals surface area (Å²) in [6.45, 7) is 1.04. The quantitative estimate of drug-likeness (QED) is 0.195. The van der Waals surface area contributed by atoms with Crippen LogP contribution in [0.2, 0.25) is 0 Å². The molecule has 0 bridgehead atoms. The van der Waals surface area contributed by atoms with Crippen molar-refractivity contribution in [2.45, 2.75) is 30.8 Å². The summed E-state index contributed by atoms with van der Waals surface area (Å²) in [6.07, 6.45) is 0.0117. The van der Waals surface area contributed by atoms with Crippen LogP contribution in [0.4, 0.5) is 11.4 Å². The molecule has 14 heteroatoms. The molecule has 1 atom stereocenters. The van der Waals surface area contributed by atoms with E-state index in [0.717, 1.165) is 21.5 Å². The van der Waals surface area contributed by atoms with Gasteiger partial charge in [-0.3, -0.25) is 19.7 Å². The number of amides is 1. The van der Waals surface area contributed by atoms with Crippen molar-refractivity contribution in [3.63, 3.8) is 0 Å². The molecule has 0 aromatic heterocycles. The van der Waals surface area contributed by atoms with Crippen molar-refractivity contribution in [1.29, 1.82) is 0 Å². The number of nitrogens with one attached hydrogen (secondary N) is 1. The van der Waals surface area contributed by atoms with Gasteiger partial charge in [-0.2, -0.15) is 4.31 Å². The Morgan fingerprint density at radius 2 is 1.85 bits per heavy atom. The summed E-state index contributed by atoms with van der Waals surface area (Å²) in [5.74, 6) is -1.45. The molecule has 1 aliphatic heterocycles. The first kappa shape index (κ1) is 30.0. The van der Waals surface area contributed by atoms with Gasteiger partial charge in [-0.05, 0) is 48.4 Å². The van der Waals surface area contributed by atoms with Gasteiger partial charge in [-0.1, -0.05) is 40.2 Å². The van der Waals surface area contributed by atoms with Gasteiger partial charge in [0, 0.05) is 17.4 Å². The van der Waals surface area contributed by atoms with Crippen molar-refractivity contribution < 1.29 is 37.1 Å². The highest BCUT2D eigenvalue weighted by molar-refractivity contribution is 9.10. The number of nitrogens with zero attached hydrogens (tertiary/aromatic N) is 2. The van der Waals surface area contributed by atoms with Crippen molar-refractivity contribution in [3.8, 4) is 11.5 Å². The average molecular weight is 648 g/mol. The molecular formula is C27H26BrN3O9S. The van der Waals surface area contributed by atoms with Crippen LogP contribution in [-0.4, -0.2) is 55.9 Å². The molecule has 0 saturated heterocycles. The predicted molar refractivity (Wildman–Crippen MR) is 151 cm³/mol. The standard InChI is InChI=1S/C27H26BrN3O9S/c1-3-39-24-11-8-19(28)13-25(24)41(36,37)30-15-18-7-5-4-6-17(18)12-23(30)27(33)40-16-26(32)29-21-10-9-20(38-2)14-22(21)31(34)35/h4-11,13-14,23H,3,12,15-16H2,1-2H3,(H,29,32)/t23-/m0/s1. The molecule has 12 nitrogen and oxygen atoms in total. The molecule has 0 spiro atoms. The van der Waals surface area contributed by atoms with Crippen molar-refractivity contribution in [2.75, 3.05) is 25.6 Å². The Bertz CT molecular complexity index is 1600. The topological polar surface area (TPSA) is 154 Å². The maximum absolute atomic E-state index is 14.0. The number of sulfonamides is 1. The second-order valence-corrected chi connectivity index (χ2v) is 11.6. The zero-order valence-electron chi connectivity index (χ0n) is 22.0. The number of hydrogen-bond acceptors (Lipinski definition) is 9. The first-order chi connectivity index (χ1) is 19.5. The number of rotatable bonds is 10. The van der Waals surface area contributed by atoms with Gasteiger partial charge in [0.15, 0.2) is 6.61 Å². The number of carbonyl (C=O) groups is 2. The van der Waals surface area contributed by atoms with Gasteiger partial charge in [0.05, 0.1) is 24.7 Å². The molecule has 1 heterocycles. The first-order valence-corrected chi connectivity index (χ1v) is 14.6. The number of hydrogen-bond donors (Lipinski definition) is 1. The Hall–Kier alpha value is -4.01. The monoisotopic (exact) mass is 647 g/mol. The number of methoxy groups -OCH3 is 1. The van der Waals surface area contributed by atoms with E-state index in [1.54, 1.807) is 37.3 Å². The van der Waals surface area contributed by atoms with Crippen molar-refractivity contribution in [1.82, 2.24) is 4.31 Å². The molecule has 1 amide bonds. The Kier molecular flexibility index (Phi) is 9.25. The van der Waals surface area contributed by atoms with Crippen LogP contribution in [0, 0.1) is 10.1 Å². The number of ether oxygens (including phenoxy) is 3. The molecule has 0 unspecified atom stereocenters. The van der Waals surface area contributed by atoms with Crippen LogP contribution in [0.5, 0.6) is 11.5 Å². The van der Waals surface area contributed by atoms with Crippen LogP contribution in [0.25, 0.3) is 0 Å². The average Bonchev–Trinajstić information content (AvgIpc) is 2.96. The van der Waals surface area contributed by atoms with Crippen LogP contribution in [0.1, 0.15) is 18.1 Å². The van der Waals surface area contributed by atoms with E-state index in [1.165, 1.54) is 31.4 Å². The zero-order chi connectivity index (χ0) is 29.7. The maximum Gasteiger partial charge on any atom is 0.325 e. The molecule has 1 N–H and O–H groups in total. The Balaban J connectivity index is 1.58. The van der Waals surface area contributed by atoms with Gasteiger partial charge in [0.2, 0.25) is 10.0 Å². The Morgan fingerprint density at radius 1 is 1.12 bits per heavy atom. The normalized spacial score (nSPS) is 15.0. The number of nitro groups is 1. The fourth-order valence-electron chi connectivity index (χ4n) is 4.35. The largest absolute Gasteiger partial charge is 0.496 e. The molecule has 4 rings (SSSR count). The summed E-state index contributed by atoms with van der Waals surface area (Å²) in [5, 5.41) is 13.8. The van der Waals surface area contributed by atoms with E-state index in [9.17, 15) is 28.1 Å². The number of anilines is 1. The smallest absolute Gasteiger partial charge is 0.325 e. The summed E-state index contributed by atoms with van der Waals surface area (Å²) in [4.78, 5) is 36.5. The summed E-state index contributed by atoms with van der Waals surface area (Å²) < 4.78 is 45.2. The number of halogens is 1. The summed E-state index contributed by atoms with van der Waals surface area (Å²) >= 11 is 3.30. The second-order valence-electron chi connectivity index (χ2n) is 8.86. The third-order valence-corrected chi connectivity index (χ3v) is 8.66. The van der Waals surface area contributed by atoms with Gasteiger partial charge in [0.1, 0.15) is 28.1 Å². The van der Waals surface area contributed by atoms with E-state index in [1.807, 2.05) is 0 Å². The molecule has 3 aromatic carbocycles. The van der Waals surface area contributed by atoms with Crippen LogP contribution >= 0.6 is 15.9 Å². The van der Waals surface area contributed by atoms with Gasteiger partial charge in [-0.15, -0.1) is 0 Å². The lowest BCUT2D eigenvalue weighted by atomic mass is 9.96. The number of benzene rings is 3. The fourth-order valence-corrected chi connectivity index (χ4v) is 6.58. The Morgan fingerprint density at radius 3 is 2.54 bits per heavy atom. The van der Waals surface area contributed by atoms with Gasteiger partial charge < -0.3 is 19.5 Å². The van der Waals surface area contributed by atoms with Crippen LogP contribution < -0.4 is 14.8 Å². The second kappa shape index (κ2) is 12.7. The van der Waals surface area contributed by atoms with Gasteiger partial charge >= 0.3 is 5.97 Å². The number of fused-ring (bicyclic) bond motifs is 1. The summed E-state index contributed by atoms with van der Waals surface area (Å²) in [5.41, 5.74) is 0.950. The molecule has 41 heavy (non-hydrogen) atoms. The van der Waals surface area contributed by atoms with E-state index < -0.39 is 45.2 Å². The lowest BCUT2D eigenvalue weighted by molar-refractivity contribution is -0.384. The minimum Gasteiger partial charge on any atom is -0.496 e. The minimum atomic E-state index is -4.29. The SMILES string of the molecule is CCOc1ccc(Br)cc1S(=O)(=O)N1Cc2ccccc2C[C@H]1C(=O)OCC(=O)Nc1ccc(OC)cc1[N+](=O)[O-]. The first-order valence-electron chi connectivity index (χ1n) is 12.3. The van der Waals surface area contributed by atoms with Crippen molar-refractivity contribution in [3.05, 3.63) is 86.4 Å². The molecule has 0 aliphatic carbocycles. The lowest BCUT2D eigenvalue weighted by Crippen LogP contribution is -2.49. The molecule has 216 valence electrons. The van der Waals surface area contributed by atoms with Gasteiger partial charge in [0.25, 0.3) is 11.6 Å². The number of nitro benzene ring substituents is 1.